The van der Waals surface area contributed by atoms with Gasteiger partial charge in [0.25, 0.3) is 0 Å². The van der Waals surface area contributed by atoms with Crippen LogP contribution in [0.5, 0.6) is 0 Å². The first-order valence-corrected chi connectivity index (χ1v) is 8.36. The summed E-state index contributed by atoms with van der Waals surface area (Å²) in [5.41, 5.74) is 1.05. The standard InChI is InChI=1S/C15H23N5S/c1-4-6-13-19-14(16-7-5-2)8-15(20-13)17-9-12-10-21-11(3)18-12/h8,10H,4-7,9H2,1-3H3,(H2,16,17,19,20). The number of hydrogen-bond acceptors (Lipinski definition) is 6. The van der Waals surface area contributed by atoms with E-state index in [0.29, 0.717) is 6.54 Å². The highest BCUT2D eigenvalue weighted by Crippen LogP contribution is 2.15. The van der Waals surface area contributed by atoms with Gasteiger partial charge in [-0.15, -0.1) is 11.3 Å². The predicted octanol–water partition coefficient (Wildman–Crippen LogP) is 3.63. The van der Waals surface area contributed by atoms with Gasteiger partial charge in [-0.05, 0) is 19.8 Å². The van der Waals surface area contributed by atoms with Gasteiger partial charge in [-0.25, -0.2) is 15.0 Å². The molecule has 2 rings (SSSR count). The smallest absolute Gasteiger partial charge is 0.133 e. The van der Waals surface area contributed by atoms with E-state index >= 15 is 0 Å². The van der Waals surface area contributed by atoms with Crippen molar-refractivity contribution in [1.29, 1.82) is 0 Å². The van der Waals surface area contributed by atoms with Crippen LogP contribution in [-0.4, -0.2) is 21.5 Å². The molecule has 0 spiro atoms. The van der Waals surface area contributed by atoms with Gasteiger partial charge in [0.2, 0.25) is 0 Å². The molecule has 0 aliphatic rings. The minimum absolute atomic E-state index is 0.695. The summed E-state index contributed by atoms with van der Waals surface area (Å²) < 4.78 is 0. The van der Waals surface area contributed by atoms with Crippen molar-refractivity contribution >= 4 is 23.0 Å². The van der Waals surface area contributed by atoms with Crippen molar-refractivity contribution in [1.82, 2.24) is 15.0 Å². The fourth-order valence-electron chi connectivity index (χ4n) is 1.94. The lowest BCUT2D eigenvalue weighted by atomic mass is 10.3. The number of aryl methyl sites for hydroxylation is 2. The molecule has 0 saturated heterocycles. The Kier molecular flexibility index (Phi) is 5.92. The fourth-order valence-corrected chi connectivity index (χ4v) is 2.55. The van der Waals surface area contributed by atoms with Crippen molar-refractivity contribution in [3.63, 3.8) is 0 Å². The maximum atomic E-state index is 4.57. The van der Waals surface area contributed by atoms with Crippen molar-refractivity contribution in [2.24, 2.45) is 0 Å². The third kappa shape index (κ3) is 4.97. The van der Waals surface area contributed by atoms with Crippen molar-refractivity contribution in [2.45, 2.75) is 46.6 Å². The lowest BCUT2D eigenvalue weighted by molar-refractivity contribution is 0.830. The van der Waals surface area contributed by atoms with Gasteiger partial charge in [-0.1, -0.05) is 13.8 Å². The molecule has 2 aromatic heterocycles. The number of nitrogens with zero attached hydrogens (tertiary/aromatic N) is 3. The van der Waals surface area contributed by atoms with E-state index in [9.17, 15) is 0 Å². The zero-order valence-electron chi connectivity index (χ0n) is 12.9. The Hall–Kier alpha value is -1.69. The quantitative estimate of drug-likeness (QED) is 0.780. The van der Waals surface area contributed by atoms with Crippen molar-refractivity contribution < 1.29 is 0 Å². The number of aromatic nitrogens is 3. The molecular formula is C15H23N5S. The van der Waals surface area contributed by atoms with Crippen LogP contribution in [-0.2, 0) is 13.0 Å². The highest BCUT2D eigenvalue weighted by molar-refractivity contribution is 7.09. The monoisotopic (exact) mass is 305 g/mol. The molecular weight excluding hydrogens is 282 g/mol. The Bertz CT molecular complexity index is 567. The second-order valence-electron chi connectivity index (χ2n) is 4.94. The maximum absolute atomic E-state index is 4.57. The average molecular weight is 305 g/mol. The normalized spacial score (nSPS) is 10.6. The summed E-state index contributed by atoms with van der Waals surface area (Å²) in [5.74, 6) is 2.64. The van der Waals surface area contributed by atoms with Gasteiger partial charge >= 0.3 is 0 Å². The third-order valence-corrected chi connectivity index (χ3v) is 3.74. The highest BCUT2D eigenvalue weighted by Gasteiger charge is 2.05. The van der Waals surface area contributed by atoms with Crippen LogP contribution in [0, 0.1) is 6.92 Å². The Balaban J connectivity index is 2.07. The van der Waals surface area contributed by atoms with E-state index in [0.717, 1.165) is 54.0 Å². The van der Waals surface area contributed by atoms with Crippen LogP contribution >= 0.6 is 11.3 Å². The second kappa shape index (κ2) is 7.93. The molecule has 114 valence electrons. The topological polar surface area (TPSA) is 62.7 Å². The summed E-state index contributed by atoms with van der Waals surface area (Å²) in [4.78, 5) is 13.6. The summed E-state index contributed by atoms with van der Waals surface area (Å²) in [6.07, 6.45) is 3.02. The van der Waals surface area contributed by atoms with E-state index in [1.807, 2.05) is 13.0 Å². The van der Waals surface area contributed by atoms with Gasteiger partial charge in [-0.3, -0.25) is 0 Å². The largest absolute Gasteiger partial charge is 0.370 e. The summed E-state index contributed by atoms with van der Waals surface area (Å²) in [5, 5.41) is 9.84. The number of hydrogen-bond donors (Lipinski definition) is 2. The van der Waals surface area contributed by atoms with Crippen molar-refractivity contribution in [3.05, 3.63) is 28.0 Å². The van der Waals surface area contributed by atoms with Gasteiger partial charge < -0.3 is 10.6 Å². The predicted molar refractivity (Wildman–Crippen MR) is 89.0 cm³/mol. The van der Waals surface area contributed by atoms with E-state index in [1.54, 1.807) is 11.3 Å². The van der Waals surface area contributed by atoms with Crippen molar-refractivity contribution in [2.75, 3.05) is 17.2 Å². The number of nitrogens with one attached hydrogen (secondary N) is 2. The number of thiazole rings is 1. The molecule has 2 N–H and O–H groups in total. The Morgan fingerprint density at radius 1 is 1.05 bits per heavy atom. The SMILES string of the molecule is CCCNc1cc(NCc2csc(C)n2)nc(CCC)n1. The molecule has 5 nitrogen and oxygen atoms in total. The molecule has 21 heavy (non-hydrogen) atoms. The maximum Gasteiger partial charge on any atom is 0.133 e. The van der Waals surface area contributed by atoms with Gasteiger partial charge in [0.15, 0.2) is 0 Å². The molecule has 0 unspecified atom stereocenters. The fraction of sp³-hybridized carbons (Fsp3) is 0.533. The molecule has 2 aromatic rings. The Morgan fingerprint density at radius 2 is 1.81 bits per heavy atom. The van der Waals surface area contributed by atoms with Gasteiger partial charge in [0, 0.05) is 24.4 Å². The first-order valence-electron chi connectivity index (χ1n) is 7.48. The molecule has 0 radical (unpaired) electrons. The van der Waals surface area contributed by atoms with Crippen LogP contribution in [0.3, 0.4) is 0 Å². The highest BCUT2D eigenvalue weighted by atomic mass is 32.1. The summed E-state index contributed by atoms with van der Waals surface area (Å²) in [7, 11) is 0. The first kappa shape index (κ1) is 15.7. The molecule has 6 heteroatoms. The average Bonchev–Trinajstić information content (AvgIpc) is 2.89. The summed E-state index contributed by atoms with van der Waals surface area (Å²) in [6, 6.07) is 1.97. The van der Waals surface area contributed by atoms with Crippen LogP contribution in [0.1, 0.15) is 43.2 Å². The molecule has 0 amide bonds. The molecule has 0 aliphatic heterocycles. The number of anilines is 2. The molecule has 2 heterocycles. The zero-order chi connectivity index (χ0) is 15.1. The Labute approximate surface area is 130 Å². The van der Waals surface area contributed by atoms with E-state index in [4.69, 9.17) is 0 Å². The van der Waals surface area contributed by atoms with E-state index in [-0.39, 0.29) is 0 Å². The van der Waals surface area contributed by atoms with Crippen molar-refractivity contribution in [3.8, 4) is 0 Å². The van der Waals surface area contributed by atoms with Crippen LogP contribution in [0.25, 0.3) is 0 Å². The van der Waals surface area contributed by atoms with E-state index < -0.39 is 0 Å². The van der Waals surface area contributed by atoms with Crippen LogP contribution in [0.4, 0.5) is 11.6 Å². The first-order chi connectivity index (χ1) is 10.2. The van der Waals surface area contributed by atoms with Gasteiger partial charge in [0.05, 0.1) is 17.2 Å². The number of rotatable bonds is 8. The molecule has 0 fully saturated rings. The second-order valence-corrected chi connectivity index (χ2v) is 6.01. The molecule has 0 saturated carbocycles. The summed E-state index contributed by atoms with van der Waals surface area (Å²) in [6.45, 7) is 7.92. The zero-order valence-corrected chi connectivity index (χ0v) is 13.8. The molecule has 0 aliphatic carbocycles. The van der Waals surface area contributed by atoms with Crippen LogP contribution < -0.4 is 10.6 Å². The van der Waals surface area contributed by atoms with Gasteiger partial charge in [-0.2, -0.15) is 0 Å². The van der Waals surface area contributed by atoms with Crippen LogP contribution in [0.2, 0.25) is 0 Å². The third-order valence-electron chi connectivity index (χ3n) is 2.92. The Morgan fingerprint density at radius 3 is 2.43 bits per heavy atom. The lowest BCUT2D eigenvalue weighted by Gasteiger charge is -2.10. The molecule has 0 atom stereocenters. The minimum Gasteiger partial charge on any atom is -0.370 e. The summed E-state index contributed by atoms with van der Waals surface area (Å²) >= 11 is 1.67. The van der Waals surface area contributed by atoms with Crippen LogP contribution in [0.15, 0.2) is 11.4 Å². The molecule has 0 bridgehead atoms. The van der Waals surface area contributed by atoms with E-state index in [1.165, 1.54) is 0 Å². The molecule has 0 aromatic carbocycles. The minimum atomic E-state index is 0.695. The lowest BCUT2D eigenvalue weighted by Crippen LogP contribution is -2.09. The van der Waals surface area contributed by atoms with E-state index in [2.05, 4.69) is 44.8 Å². The van der Waals surface area contributed by atoms with Gasteiger partial charge in [0.1, 0.15) is 17.5 Å².